The molecule has 21 heteroatoms. The van der Waals surface area contributed by atoms with Gasteiger partial charge in [-0.1, -0.05) is 39.8 Å². The van der Waals surface area contributed by atoms with E-state index >= 15 is 0 Å². The number of cyclic esters (lactones) is 1. The quantitative estimate of drug-likeness (QED) is 0.0512. The summed E-state index contributed by atoms with van der Waals surface area (Å²) < 4.78 is 18.4. The lowest BCUT2D eigenvalue weighted by Gasteiger charge is -2.31. The first-order valence-corrected chi connectivity index (χ1v) is 23.3. The Labute approximate surface area is 405 Å². The van der Waals surface area contributed by atoms with Crippen molar-refractivity contribution in [3.8, 4) is 17.1 Å². The molecule has 0 spiro atoms. The monoisotopic (exact) mass is 968 g/mol. The summed E-state index contributed by atoms with van der Waals surface area (Å²) in [7, 11) is 6.90. The van der Waals surface area contributed by atoms with E-state index in [1.807, 2.05) is 25.9 Å². The highest BCUT2D eigenvalue weighted by Gasteiger charge is 2.45. The van der Waals surface area contributed by atoms with Crippen molar-refractivity contribution in [2.24, 2.45) is 17.4 Å². The van der Waals surface area contributed by atoms with Gasteiger partial charge in [-0.2, -0.15) is 0 Å². The second-order valence-electron chi connectivity index (χ2n) is 18.3. The van der Waals surface area contributed by atoms with Crippen molar-refractivity contribution < 1.29 is 48.1 Å². The van der Waals surface area contributed by atoms with Gasteiger partial charge in [0.1, 0.15) is 25.0 Å². The minimum atomic E-state index is -1.95. The zero-order valence-corrected chi connectivity index (χ0v) is 41.0. The molecule has 0 saturated carbocycles. The summed E-state index contributed by atoms with van der Waals surface area (Å²) in [4.78, 5) is 99.9. The fourth-order valence-electron chi connectivity index (χ4n) is 8.46. The number of aromatic nitrogens is 2. The van der Waals surface area contributed by atoms with Crippen LogP contribution in [0.3, 0.4) is 0 Å². The van der Waals surface area contributed by atoms with Crippen molar-refractivity contribution in [2.75, 3.05) is 53.1 Å². The number of nitrogens with one attached hydrogen (secondary N) is 3. The van der Waals surface area contributed by atoms with E-state index in [1.165, 1.54) is 9.80 Å². The number of pyridine rings is 2. The molecule has 2 aromatic heterocycles. The van der Waals surface area contributed by atoms with Crippen LogP contribution in [0.1, 0.15) is 80.3 Å². The Morgan fingerprint density at radius 2 is 1.63 bits per heavy atom. The number of urea groups is 1. The van der Waals surface area contributed by atoms with E-state index in [0.717, 1.165) is 22.1 Å². The number of amides is 6. The van der Waals surface area contributed by atoms with Gasteiger partial charge in [-0.25, -0.2) is 24.2 Å². The van der Waals surface area contributed by atoms with Gasteiger partial charge in [-0.15, -0.1) is 0 Å². The highest BCUT2D eigenvalue weighted by atomic mass is 16.6. The Bertz CT molecular complexity index is 2720. The number of aliphatic hydroxyl groups is 1. The Kier molecular flexibility index (Phi) is 16.5. The molecule has 0 aliphatic carbocycles. The first kappa shape index (κ1) is 52.3. The average molecular weight is 969 g/mol. The van der Waals surface area contributed by atoms with Crippen LogP contribution in [0.15, 0.2) is 47.3 Å². The molecule has 4 aromatic rings. The van der Waals surface area contributed by atoms with Crippen LogP contribution in [0.5, 0.6) is 5.75 Å². The molecule has 2 aliphatic heterocycles. The number of primary amides is 1. The summed E-state index contributed by atoms with van der Waals surface area (Å²) in [6, 6.07) is 9.30. The van der Waals surface area contributed by atoms with E-state index in [0.29, 0.717) is 53.3 Å². The average Bonchev–Trinajstić information content (AvgIpc) is 3.70. The standard InChI is InChI=1S/C49H64N10O11/c1-9-30-31-24-59-37(22-34-33(44(59)62)26-68-45(63)49(34,67)10-2)41(31)54-35-17-18-38(32(39(30)35)23-56(5)6)70-48(66)58(8)21-20-57(7)47(65)69-25-28-13-15-29(16-14-28)53-42(60)36(12-11-19-52-46(51)64)55-43(61)40(50)27(3)4/h13-18,22,27,36,40,67H,9-12,19-21,23-26,50H2,1-8H3,(H,53,60)(H,55,61)(H3,51,52,64)/t36-,40-,49-/m0/s1. The SMILES string of the molecule is CCc1c2c(nc3ccc(OC(=O)N(C)CCN(C)C(=O)OCc4ccc(NC(=O)[C@H](CCCNC(N)=O)NC(=O)[C@@H](N)C(C)C)cc4)c(CN(C)C)c13)-c1cc3c(c(=O)n1C2)COC(=O)[C@]3(O)CC. The van der Waals surface area contributed by atoms with Gasteiger partial charge in [-0.05, 0) is 87.2 Å². The fraction of sp³-hybridized carbons (Fsp3) is 0.469. The molecular formula is C49H64N10O11. The Hall–Kier alpha value is -7.10. The molecular weight excluding hydrogens is 905 g/mol. The maximum atomic E-state index is 13.9. The molecule has 0 fully saturated rings. The van der Waals surface area contributed by atoms with Crippen LogP contribution in [-0.4, -0.2) is 125 Å². The lowest BCUT2D eigenvalue weighted by atomic mass is 9.86. The van der Waals surface area contributed by atoms with Crippen LogP contribution in [0, 0.1) is 5.92 Å². The largest absolute Gasteiger partial charge is 0.458 e. The number of fused-ring (bicyclic) bond motifs is 5. The molecule has 21 nitrogen and oxygen atoms in total. The van der Waals surface area contributed by atoms with E-state index in [-0.39, 0.29) is 74.8 Å². The summed E-state index contributed by atoms with van der Waals surface area (Å²) in [6.07, 6.45) is -0.120. The Balaban J connectivity index is 1.07. The lowest BCUT2D eigenvalue weighted by molar-refractivity contribution is -0.172. The number of hydrogen-bond acceptors (Lipinski definition) is 14. The van der Waals surface area contributed by atoms with E-state index in [2.05, 4.69) is 16.0 Å². The molecule has 0 saturated heterocycles. The normalized spacial score (nSPS) is 15.6. The number of likely N-dealkylation sites (N-methyl/N-ethyl adjacent to an activating group) is 2. The first-order chi connectivity index (χ1) is 33.2. The van der Waals surface area contributed by atoms with Crippen molar-refractivity contribution in [1.82, 2.24) is 34.9 Å². The highest BCUT2D eigenvalue weighted by Crippen LogP contribution is 2.42. The first-order valence-electron chi connectivity index (χ1n) is 23.3. The molecule has 0 unspecified atom stereocenters. The van der Waals surface area contributed by atoms with Gasteiger partial charge in [0, 0.05) is 68.0 Å². The van der Waals surface area contributed by atoms with Crippen molar-refractivity contribution in [3.63, 3.8) is 0 Å². The molecule has 8 N–H and O–H groups in total. The summed E-state index contributed by atoms with van der Waals surface area (Å²) in [6.45, 7) is 7.99. The van der Waals surface area contributed by atoms with E-state index in [1.54, 1.807) is 81.9 Å². The van der Waals surface area contributed by atoms with Crippen LogP contribution in [0.4, 0.5) is 20.1 Å². The third-order valence-electron chi connectivity index (χ3n) is 12.7. The van der Waals surface area contributed by atoms with Crippen LogP contribution >= 0.6 is 0 Å². The van der Waals surface area contributed by atoms with Crippen molar-refractivity contribution in [3.05, 3.63) is 86.2 Å². The van der Waals surface area contributed by atoms with Gasteiger partial charge in [0.2, 0.25) is 11.8 Å². The molecule has 2 aromatic carbocycles. The molecule has 0 bridgehead atoms. The number of nitrogens with zero attached hydrogens (tertiary/aromatic N) is 5. The third kappa shape index (κ3) is 11.3. The van der Waals surface area contributed by atoms with E-state index < -0.39 is 53.7 Å². The number of nitrogens with two attached hydrogens (primary N) is 2. The van der Waals surface area contributed by atoms with Crippen LogP contribution in [-0.2, 0) is 62.2 Å². The maximum Gasteiger partial charge on any atom is 0.415 e. The highest BCUT2D eigenvalue weighted by molar-refractivity contribution is 5.98. The zero-order valence-electron chi connectivity index (χ0n) is 41.0. The predicted octanol–water partition coefficient (Wildman–Crippen LogP) is 3.26. The predicted molar refractivity (Wildman–Crippen MR) is 259 cm³/mol. The van der Waals surface area contributed by atoms with E-state index in [9.17, 15) is 38.7 Å². The number of hydrogen-bond donors (Lipinski definition) is 6. The van der Waals surface area contributed by atoms with Crippen molar-refractivity contribution in [2.45, 2.75) is 97.4 Å². The second kappa shape index (κ2) is 22.1. The van der Waals surface area contributed by atoms with Crippen LogP contribution < -0.4 is 37.7 Å². The number of benzene rings is 2. The summed E-state index contributed by atoms with van der Waals surface area (Å²) in [5.74, 6) is -1.58. The van der Waals surface area contributed by atoms with E-state index in [4.69, 9.17) is 30.7 Å². The zero-order chi connectivity index (χ0) is 51.2. The van der Waals surface area contributed by atoms with Gasteiger partial charge in [-0.3, -0.25) is 14.4 Å². The minimum Gasteiger partial charge on any atom is -0.458 e. The molecule has 4 heterocycles. The van der Waals surface area contributed by atoms with Gasteiger partial charge in [0.25, 0.3) is 5.56 Å². The topological polar surface area (TPSA) is 283 Å². The number of rotatable bonds is 19. The maximum absolute atomic E-state index is 13.9. The number of aryl methyl sites for hydroxylation is 1. The molecule has 2 aliphatic rings. The molecule has 0 radical (unpaired) electrons. The molecule has 70 heavy (non-hydrogen) atoms. The number of carbonyl (C=O) groups excluding carboxylic acids is 6. The van der Waals surface area contributed by atoms with Gasteiger partial charge in [0.05, 0.1) is 35.1 Å². The van der Waals surface area contributed by atoms with Crippen LogP contribution in [0.2, 0.25) is 0 Å². The number of anilines is 1. The van der Waals surface area contributed by atoms with Gasteiger partial charge in [0.15, 0.2) is 5.60 Å². The summed E-state index contributed by atoms with van der Waals surface area (Å²) in [5.41, 5.74) is 14.5. The Morgan fingerprint density at radius 1 is 0.943 bits per heavy atom. The lowest BCUT2D eigenvalue weighted by Crippen LogP contribution is -2.51. The Morgan fingerprint density at radius 3 is 2.26 bits per heavy atom. The fourth-order valence-corrected chi connectivity index (χ4v) is 8.46. The van der Waals surface area contributed by atoms with Crippen LogP contribution in [0.25, 0.3) is 22.3 Å². The van der Waals surface area contributed by atoms with Gasteiger partial charge < -0.3 is 66.0 Å². The van der Waals surface area contributed by atoms with Gasteiger partial charge >= 0.3 is 24.2 Å². The number of carbonyl (C=O) groups is 6. The van der Waals surface area contributed by atoms with Crippen molar-refractivity contribution in [1.29, 1.82) is 0 Å². The third-order valence-corrected chi connectivity index (χ3v) is 12.7. The molecule has 6 amide bonds. The number of esters is 1. The smallest absolute Gasteiger partial charge is 0.415 e. The summed E-state index contributed by atoms with van der Waals surface area (Å²) >= 11 is 0. The molecule has 6 rings (SSSR count). The minimum absolute atomic E-state index is 0.0301. The molecule has 376 valence electrons. The van der Waals surface area contributed by atoms with Crippen molar-refractivity contribution >= 4 is 52.6 Å². The molecule has 3 atom stereocenters. The summed E-state index contributed by atoms with van der Waals surface area (Å²) in [5, 5.41) is 20.1. The number of ether oxygens (including phenoxy) is 3. The second-order valence-corrected chi connectivity index (χ2v) is 18.3.